The highest BCUT2D eigenvalue weighted by Crippen LogP contribution is 2.38. The monoisotopic (exact) mass is 374 g/mol. The Morgan fingerprint density at radius 3 is 2.56 bits per heavy atom. The fourth-order valence-electron chi connectivity index (χ4n) is 3.69. The standard InChI is InChI=1S/C21H15N3O2S/c1-12(25)17-18-19(24(20(17)26)14-8-4-3-5-9-14)22-13(2)23-15-10-6-7-11-16(15)27-21(18)23/h3-11H,1-2H3/p+1. The Labute approximate surface area is 158 Å². The van der Waals surface area contributed by atoms with E-state index in [1.807, 2.05) is 55.5 Å². The molecule has 0 fully saturated rings. The van der Waals surface area contributed by atoms with Gasteiger partial charge in [-0.2, -0.15) is 4.40 Å². The molecule has 0 unspecified atom stereocenters. The second-order valence-electron chi connectivity index (χ2n) is 6.49. The normalized spacial score (nSPS) is 11.6. The van der Waals surface area contributed by atoms with Gasteiger partial charge in [-0.05, 0) is 36.2 Å². The average Bonchev–Trinajstić information content (AvgIpc) is 3.18. The molecule has 0 saturated heterocycles. The SMILES string of the molecule is CC(=O)c1c(O)n(-c2ccccc2)c2nc(C)[n+]3c4ccccc4sc3c12. The van der Waals surface area contributed by atoms with Gasteiger partial charge in [0.25, 0.3) is 5.65 Å². The number of aromatic nitrogens is 3. The zero-order chi connectivity index (χ0) is 18.7. The van der Waals surface area contributed by atoms with Crippen molar-refractivity contribution in [3.8, 4) is 11.6 Å². The lowest BCUT2D eigenvalue weighted by Gasteiger charge is -2.04. The van der Waals surface area contributed by atoms with Gasteiger partial charge in [0.1, 0.15) is 5.39 Å². The van der Waals surface area contributed by atoms with Crippen molar-refractivity contribution in [3.63, 3.8) is 0 Å². The lowest BCUT2D eigenvalue weighted by molar-refractivity contribution is -0.489. The molecule has 0 radical (unpaired) electrons. The summed E-state index contributed by atoms with van der Waals surface area (Å²) in [5.74, 6) is 0.554. The summed E-state index contributed by atoms with van der Waals surface area (Å²) in [6, 6.07) is 17.6. The molecule has 3 aromatic heterocycles. The molecule has 0 aliphatic carbocycles. The van der Waals surface area contributed by atoms with E-state index in [0.717, 1.165) is 26.6 Å². The van der Waals surface area contributed by atoms with E-state index in [9.17, 15) is 9.90 Å². The average molecular weight is 374 g/mol. The van der Waals surface area contributed by atoms with E-state index in [1.165, 1.54) is 6.92 Å². The second kappa shape index (κ2) is 5.62. The number of rotatable bonds is 2. The molecule has 0 atom stereocenters. The molecule has 132 valence electrons. The van der Waals surface area contributed by atoms with Crippen molar-refractivity contribution in [2.24, 2.45) is 0 Å². The fourth-order valence-corrected chi connectivity index (χ4v) is 4.92. The molecule has 0 bridgehead atoms. The summed E-state index contributed by atoms with van der Waals surface area (Å²) in [6.07, 6.45) is 0. The molecule has 5 rings (SSSR count). The third-order valence-corrected chi connectivity index (χ3v) is 5.95. The van der Waals surface area contributed by atoms with Crippen LogP contribution in [-0.2, 0) is 0 Å². The summed E-state index contributed by atoms with van der Waals surface area (Å²) in [6.45, 7) is 3.42. The maximum absolute atomic E-state index is 12.5. The highest BCUT2D eigenvalue weighted by molar-refractivity contribution is 7.24. The number of para-hydroxylation sites is 2. The molecule has 5 aromatic rings. The highest BCUT2D eigenvalue weighted by Gasteiger charge is 2.31. The Morgan fingerprint density at radius 1 is 1.11 bits per heavy atom. The Morgan fingerprint density at radius 2 is 1.81 bits per heavy atom. The van der Waals surface area contributed by atoms with E-state index in [0.29, 0.717) is 16.6 Å². The number of aromatic hydroxyl groups is 1. The van der Waals surface area contributed by atoms with Gasteiger partial charge < -0.3 is 5.11 Å². The molecule has 0 spiro atoms. The summed E-state index contributed by atoms with van der Waals surface area (Å²) < 4.78 is 4.82. The third kappa shape index (κ3) is 2.13. The van der Waals surface area contributed by atoms with Crippen molar-refractivity contribution in [1.82, 2.24) is 9.55 Å². The van der Waals surface area contributed by atoms with Crippen LogP contribution < -0.4 is 4.40 Å². The number of fused-ring (bicyclic) bond motifs is 5. The van der Waals surface area contributed by atoms with Gasteiger partial charge in [0.15, 0.2) is 11.3 Å². The topological polar surface area (TPSA) is 59.2 Å². The molecule has 0 amide bonds. The Hall–Kier alpha value is -3.25. The van der Waals surface area contributed by atoms with Crippen LogP contribution in [0.5, 0.6) is 5.88 Å². The molecular formula is C21H16N3O2S+. The molecule has 0 saturated carbocycles. The zero-order valence-electron chi connectivity index (χ0n) is 14.8. The lowest BCUT2D eigenvalue weighted by Crippen LogP contribution is -2.25. The van der Waals surface area contributed by atoms with Gasteiger partial charge >= 0.3 is 5.82 Å². The minimum Gasteiger partial charge on any atom is -0.494 e. The first-order valence-electron chi connectivity index (χ1n) is 8.61. The van der Waals surface area contributed by atoms with Crippen LogP contribution in [0.4, 0.5) is 0 Å². The largest absolute Gasteiger partial charge is 0.494 e. The molecule has 3 heterocycles. The van der Waals surface area contributed by atoms with Crippen LogP contribution in [0.25, 0.3) is 31.8 Å². The number of thiazole rings is 1. The van der Waals surface area contributed by atoms with Crippen molar-refractivity contribution in [2.75, 3.05) is 0 Å². The van der Waals surface area contributed by atoms with Gasteiger partial charge in [-0.3, -0.25) is 4.79 Å². The Bertz CT molecular complexity index is 1370. The third-order valence-electron chi connectivity index (χ3n) is 4.81. The Kier molecular flexibility index (Phi) is 3.32. The van der Waals surface area contributed by atoms with E-state index >= 15 is 0 Å². The first-order valence-corrected chi connectivity index (χ1v) is 9.43. The predicted octanol–water partition coefficient (Wildman–Crippen LogP) is 4.20. The molecule has 6 heteroatoms. The first kappa shape index (κ1) is 16.0. The van der Waals surface area contributed by atoms with Crippen LogP contribution in [0.1, 0.15) is 23.1 Å². The van der Waals surface area contributed by atoms with Crippen molar-refractivity contribution < 1.29 is 14.3 Å². The Balaban J connectivity index is 2.06. The van der Waals surface area contributed by atoms with Crippen LogP contribution >= 0.6 is 11.3 Å². The van der Waals surface area contributed by atoms with Gasteiger partial charge in [-0.15, -0.1) is 0 Å². The van der Waals surface area contributed by atoms with Gasteiger partial charge in [-0.25, -0.2) is 4.57 Å². The minimum atomic E-state index is -0.183. The second-order valence-corrected chi connectivity index (χ2v) is 7.52. The van der Waals surface area contributed by atoms with Crippen molar-refractivity contribution >= 4 is 43.2 Å². The number of nitrogens with zero attached hydrogens (tertiary/aromatic N) is 3. The smallest absolute Gasteiger partial charge is 0.304 e. The van der Waals surface area contributed by atoms with Gasteiger partial charge in [-0.1, -0.05) is 41.7 Å². The number of hydrogen-bond acceptors (Lipinski definition) is 4. The number of carbonyl (C=O) groups is 1. The quantitative estimate of drug-likeness (QED) is 0.372. The number of carbonyl (C=O) groups excluding carboxylic acids is 1. The number of ketones is 1. The van der Waals surface area contributed by atoms with Crippen molar-refractivity contribution in [1.29, 1.82) is 0 Å². The molecular weight excluding hydrogens is 358 g/mol. The molecule has 0 aliphatic rings. The summed E-state index contributed by atoms with van der Waals surface area (Å²) >= 11 is 1.60. The number of Topliss-reactive ketones (excluding diaryl/α,β-unsaturated/α-hetero) is 1. The predicted molar refractivity (Wildman–Crippen MR) is 106 cm³/mol. The van der Waals surface area contributed by atoms with Gasteiger partial charge in [0.2, 0.25) is 10.7 Å². The maximum Gasteiger partial charge on any atom is 0.304 e. The van der Waals surface area contributed by atoms with Gasteiger partial charge in [0.05, 0.1) is 16.0 Å². The highest BCUT2D eigenvalue weighted by atomic mass is 32.1. The number of benzene rings is 2. The van der Waals surface area contributed by atoms with Crippen LogP contribution in [0.2, 0.25) is 0 Å². The molecule has 5 nitrogen and oxygen atoms in total. The fraction of sp³-hybridized carbons (Fsp3) is 0.0952. The van der Waals surface area contributed by atoms with Crippen molar-refractivity contribution in [3.05, 3.63) is 66.0 Å². The first-order chi connectivity index (χ1) is 13.1. The summed E-state index contributed by atoms with van der Waals surface area (Å²) in [4.78, 5) is 18.2. The van der Waals surface area contributed by atoms with E-state index in [2.05, 4.69) is 10.5 Å². The minimum absolute atomic E-state index is 0.0684. The molecule has 2 aromatic carbocycles. The van der Waals surface area contributed by atoms with E-state index in [1.54, 1.807) is 15.9 Å². The van der Waals surface area contributed by atoms with E-state index in [-0.39, 0.29) is 11.7 Å². The summed E-state index contributed by atoms with van der Waals surface area (Å²) in [5, 5.41) is 11.6. The van der Waals surface area contributed by atoms with Gasteiger partial charge in [0, 0.05) is 6.92 Å². The molecule has 27 heavy (non-hydrogen) atoms. The van der Waals surface area contributed by atoms with E-state index in [4.69, 9.17) is 4.98 Å². The molecule has 0 aliphatic heterocycles. The zero-order valence-corrected chi connectivity index (χ0v) is 15.6. The summed E-state index contributed by atoms with van der Waals surface area (Å²) in [7, 11) is 0. The van der Waals surface area contributed by atoms with Crippen LogP contribution in [-0.4, -0.2) is 20.4 Å². The lowest BCUT2D eigenvalue weighted by atomic mass is 10.2. The van der Waals surface area contributed by atoms with Crippen LogP contribution in [0.3, 0.4) is 0 Å². The number of hydrogen-bond donors (Lipinski definition) is 1. The molecule has 1 N–H and O–H groups in total. The summed E-state index contributed by atoms with van der Waals surface area (Å²) in [5.41, 5.74) is 2.72. The van der Waals surface area contributed by atoms with Crippen molar-refractivity contribution in [2.45, 2.75) is 13.8 Å². The van der Waals surface area contributed by atoms with Crippen LogP contribution in [0.15, 0.2) is 54.6 Å². The number of aryl methyl sites for hydroxylation is 1. The van der Waals surface area contributed by atoms with Crippen LogP contribution in [0, 0.1) is 6.92 Å². The maximum atomic E-state index is 12.5. The van der Waals surface area contributed by atoms with E-state index < -0.39 is 0 Å².